The molecule has 0 saturated carbocycles. The van der Waals surface area contributed by atoms with Gasteiger partial charge < -0.3 is 39.2 Å². The highest BCUT2D eigenvalue weighted by Gasteiger charge is 2.33. The van der Waals surface area contributed by atoms with Gasteiger partial charge in [0.05, 0.1) is 108 Å². The van der Waals surface area contributed by atoms with E-state index >= 15 is 0 Å². The maximum atomic E-state index is 4.86. The second-order valence-corrected chi connectivity index (χ2v) is 37.1. The van der Waals surface area contributed by atoms with Crippen LogP contribution >= 0.6 is 11.3 Å². The Labute approximate surface area is 741 Å². The molecule has 23 rings (SSSR count). The number of thiophene rings is 1. The molecule has 0 unspecified atom stereocenters. The van der Waals surface area contributed by atoms with E-state index in [-0.39, 0.29) is 0 Å². The van der Waals surface area contributed by atoms with Gasteiger partial charge in [0.25, 0.3) is 0 Å². The zero-order valence-electron chi connectivity index (χ0n) is 74.1. The van der Waals surface area contributed by atoms with Gasteiger partial charge in [-0.3, -0.25) is 34.6 Å². The number of piperazine rings is 4. The molecular weight excluding hydrogens is 1590 g/mol. The van der Waals surface area contributed by atoms with Crippen molar-refractivity contribution < 1.29 is 0 Å². The highest BCUT2D eigenvalue weighted by Crippen LogP contribution is 2.38. The Hall–Kier alpha value is -11.1. The van der Waals surface area contributed by atoms with E-state index in [1.54, 1.807) is 11.3 Å². The fraction of sp³-hybridized carbons (Fsp3) is 0.443. The summed E-state index contributed by atoms with van der Waals surface area (Å²) < 4.78 is 7.70. The Balaban J connectivity index is 0.000000106. The van der Waals surface area contributed by atoms with Crippen LogP contribution in [-0.2, 0) is 0 Å². The SMILES string of the molecule is CN1CCN(C2CCN(c3cnc4c(-c5ccnc6sccc56)cnn4c3)CC2)CC1.Cc1cc(-c2cnn3cc(N4CCC(N5CCN(C)CC5)CC4)cnc23)ccn1.Cc1ccc2nccc(-c3cnn4cc(N5CCC(N6CCN(C)CC6)CC5)cnc34)c2c1.Cc1ccc2nccc(-c3cnn4cc(N5CCC(N6CCN(C)CC6)CC5)cnc34)c2c1. The van der Waals surface area contributed by atoms with Gasteiger partial charge in [0, 0.05) is 250 Å². The van der Waals surface area contributed by atoms with Crippen LogP contribution in [-0.4, -0.2) is 327 Å². The Morgan fingerprint density at radius 2 is 0.587 bits per heavy atom. The van der Waals surface area contributed by atoms with Gasteiger partial charge in [0.2, 0.25) is 0 Å². The number of benzene rings is 2. The molecule has 0 spiro atoms. The predicted molar refractivity (Wildman–Crippen MR) is 507 cm³/mol. The number of piperidine rings is 4. The molecule has 29 heteroatoms. The first-order valence-electron chi connectivity index (χ1n) is 45.8. The molecule has 28 nitrogen and oxygen atoms in total. The van der Waals surface area contributed by atoms with Crippen LogP contribution in [0.1, 0.15) is 68.2 Å². The molecule has 21 heterocycles. The van der Waals surface area contributed by atoms with E-state index in [1.807, 2.05) is 105 Å². The van der Waals surface area contributed by atoms with Crippen molar-refractivity contribution in [1.29, 1.82) is 0 Å². The van der Waals surface area contributed by atoms with Gasteiger partial charge in [-0.05, 0) is 189 Å². The van der Waals surface area contributed by atoms with Crippen molar-refractivity contribution in [1.82, 2.24) is 118 Å². The molecule has 0 aliphatic carbocycles. The highest BCUT2D eigenvalue weighted by molar-refractivity contribution is 7.16. The molecule has 126 heavy (non-hydrogen) atoms. The van der Waals surface area contributed by atoms with Gasteiger partial charge in [-0.1, -0.05) is 23.3 Å². The molecule has 0 N–H and O–H groups in total. The van der Waals surface area contributed by atoms with Gasteiger partial charge in [-0.25, -0.2) is 43.0 Å². The van der Waals surface area contributed by atoms with E-state index in [2.05, 4.69) is 238 Å². The normalized spacial score (nSPS) is 19.4. The summed E-state index contributed by atoms with van der Waals surface area (Å²) in [4.78, 5) is 68.5. The summed E-state index contributed by atoms with van der Waals surface area (Å²) in [7, 11) is 8.89. The topological polar surface area (TPSA) is 211 Å². The van der Waals surface area contributed by atoms with Crippen molar-refractivity contribution in [2.45, 2.75) is 96.3 Å². The first-order chi connectivity index (χ1) is 61.7. The van der Waals surface area contributed by atoms with Crippen LogP contribution in [0, 0.1) is 20.8 Å². The Kier molecular flexibility index (Phi) is 24.4. The Morgan fingerprint density at radius 1 is 0.278 bits per heavy atom. The molecule has 0 bridgehead atoms. The number of rotatable bonds is 12. The molecule has 13 aromatic heterocycles. The van der Waals surface area contributed by atoms with Crippen molar-refractivity contribution >= 4 is 88.7 Å². The van der Waals surface area contributed by atoms with E-state index in [1.165, 1.54) is 173 Å². The number of anilines is 4. The largest absolute Gasteiger partial charge is 0.369 e. The summed E-state index contributed by atoms with van der Waals surface area (Å²) in [6.45, 7) is 34.0. The van der Waals surface area contributed by atoms with E-state index in [0.29, 0.717) is 12.1 Å². The Bertz CT molecular complexity index is 6050. The number of hydrogen-bond acceptors (Lipinski definition) is 25. The summed E-state index contributed by atoms with van der Waals surface area (Å²) in [5.74, 6) is 0. The minimum Gasteiger partial charge on any atom is -0.369 e. The second kappa shape index (κ2) is 37.1. The number of likely N-dealkylation sites (N-methyl/N-ethyl adjacent to an activating group) is 4. The third kappa shape index (κ3) is 17.9. The second-order valence-electron chi connectivity index (χ2n) is 36.2. The molecule has 8 aliphatic rings. The third-order valence-corrected chi connectivity index (χ3v) is 29.0. The third-order valence-electron chi connectivity index (χ3n) is 28.1. The van der Waals surface area contributed by atoms with Gasteiger partial charge in [-0.2, -0.15) is 20.4 Å². The average molecular weight is 1710 g/mol. The molecule has 0 atom stereocenters. The van der Waals surface area contributed by atoms with E-state index < -0.39 is 0 Å². The van der Waals surface area contributed by atoms with Gasteiger partial charge in [0.15, 0.2) is 22.6 Å². The smallest absolute Gasteiger partial charge is 0.162 e. The number of aromatic nitrogens is 16. The minimum absolute atomic E-state index is 0.714. The zero-order chi connectivity index (χ0) is 85.3. The van der Waals surface area contributed by atoms with E-state index in [0.717, 1.165) is 187 Å². The summed E-state index contributed by atoms with van der Waals surface area (Å²) in [5, 5.41) is 24.1. The number of nitrogens with zero attached hydrogens (tertiary/aromatic N) is 28. The monoisotopic (exact) mass is 1710 g/mol. The van der Waals surface area contributed by atoms with Crippen LogP contribution in [0.5, 0.6) is 0 Å². The maximum absolute atomic E-state index is 4.86. The lowest BCUT2D eigenvalue weighted by molar-refractivity contribution is 0.0982. The molecular formula is C97H118N28S. The first-order valence-corrected chi connectivity index (χ1v) is 46.6. The average Bonchev–Trinajstić information content (AvgIpc) is 1.47. The number of fused-ring (bicyclic) bond motifs is 7. The standard InChI is InChI=1S/2C26H31N7.C23H27N7S.C22H29N7/c2*1-19-3-4-25-23(15-19)22(5-8-27-25)24-17-29-33-18-21(16-28-26(24)33)31-9-6-20(7-10-31)32-13-11-30(2)12-14-32;1-27-9-11-29(12-10-27)17-3-7-28(8-4-17)18-14-25-22-21(15-26-30(22)16-18)19-2-6-24-23-20(19)5-13-31-23;1-17-13-18(3-6-23-17)21-15-25-29-16-20(14-24-22(21)29)27-7-4-19(5-8-27)28-11-9-26(2)10-12-28/h2*3-5,8,15-18,20H,6-7,9-14H2,1-2H3;2,5-6,13-17H,3-4,7-12H2,1H3;3,6,13-16,19H,4-5,7-12H2,1-2H3. The maximum Gasteiger partial charge on any atom is 0.162 e. The molecule has 2 aromatic carbocycles. The van der Waals surface area contributed by atoms with Crippen molar-refractivity contribution in [2.75, 3.05) is 205 Å². The summed E-state index contributed by atoms with van der Waals surface area (Å²) >= 11 is 1.66. The zero-order valence-corrected chi connectivity index (χ0v) is 74.9. The first kappa shape index (κ1) is 83.1. The quantitative estimate of drug-likeness (QED) is 0.111. The molecule has 8 fully saturated rings. The minimum atomic E-state index is 0.714. The number of pyridine rings is 4. The lowest BCUT2D eigenvalue weighted by Gasteiger charge is -2.42. The van der Waals surface area contributed by atoms with Crippen LogP contribution in [0.15, 0.2) is 177 Å². The molecule has 652 valence electrons. The molecule has 8 aliphatic heterocycles. The van der Waals surface area contributed by atoms with Crippen molar-refractivity contribution in [3.05, 3.63) is 194 Å². The van der Waals surface area contributed by atoms with Crippen LogP contribution in [0.4, 0.5) is 22.7 Å². The Morgan fingerprint density at radius 3 is 0.929 bits per heavy atom. The predicted octanol–water partition coefficient (Wildman–Crippen LogP) is 12.5. The van der Waals surface area contributed by atoms with Crippen LogP contribution < -0.4 is 19.6 Å². The highest BCUT2D eigenvalue weighted by atomic mass is 32.1. The van der Waals surface area contributed by atoms with Crippen molar-refractivity contribution in [2.24, 2.45) is 0 Å². The van der Waals surface area contributed by atoms with Gasteiger partial charge >= 0.3 is 0 Å². The molecule has 0 radical (unpaired) electrons. The number of hydrogen-bond donors (Lipinski definition) is 0. The van der Waals surface area contributed by atoms with Gasteiger partial charge in [-0.15, -0.1) is 11.3 Å². The summed E-state index contributed by atoms with van der Waals surface area (Å²) in [6.07, 6.45) is 41.5. The van der Waals surface area contributed by atoms with Crippen LogP contribution in [0.2, 0.25) is 0 Å². The fourth-order valence-corrected chi connectivity index (χ4v) is 21.2. The lowest BCUT2D eigenvalue weighted by Crippen LogP contribution is -2.52. The summed E-state index contributed by atoms with van der Waals surface area (Å²) in [6, 6.07) is 28.1. The van der Waals surface area contributed by atoms with Gasteiger partial charge in [0.1, 0.15) is 4.83 Å². The van der Waals surface area contributed by atoms with Crippen LogP contribution in [0.3, 0.4) is 0 Å². The number of aryl methyl sites for hydroxylation is 3. The van der Waals surface area contributed by atoms with E-state index in [4.69, 9.17) is 19.9 Å². The molecule has 15 aromatic rings. The fourth-order valence-electron chi connectivity index (χ4n) is 20.4. The molecule has 8 saturated heterocycles. The lowest BCUT2D eigenvalue weighted by atomic mass is 10.0. The van der Waals surface area contributed by atoms with Crippen LogP contribution in [0.25, 0.3) is 99.1 Å². The molecule has 0 amide bonds. The van der Waals surface area contributed by atoms with E-state index in [9.17, 15) is 0 Å². The van der Waals surface area contributed by atoms with Crippen molar-refractivity contribution in [3.63, 3.8) is 0 Å². The summed E-state index contributed by atoms with van der Waals surface area (Å²) in [5.41, 5.74) is 22.4. The van der Waals surface area contributed by atoms with Crippen molar-refractivity contribution in [3.8, 4) is 44.5 Å².